The summed E-state index contributed by atoms with van der Waals surface area (Å²) in [6, 6.07) is 0. The van der Waals surface area contributed by atoms with Gasteiger partial charge >= 0.3 is 6.18 Å². The minimum atomic E-state index is -4.13. The van der Waals surface area contributed by atoms with Gasteiger partial charge in [0.15, 0.2) is 0 Å². The molecular weight excluding hydrogens is 219 g/mol. The quantitative estimate of drug-likeness (QED) is 0.774. The zero-order valence-electron chi connectivity index (χ0n) is 9.61. The van der Waals surface area contributed by atoms with Crippen molar-refractivity contribution in [2.75, 3.05) is 6.54 Å². The van der Waals surface area contributed by atoms with Crippen molar-refractivity contribution < 1.29 is 18.3 Å². The molecule has 1 fully saturated rings. The largest absolute Gasteiger partial charge is 0.390 e. The van der Waals surface area contributed by atoms with Crippen LogP contribution in [0, 0.1) is 5.41 Å². The molecule has 1 atom stereocenters. The minimum absolute atomic E-state index is 0.0295. The summed E-state index contributed by atoms with van der Waals surface area (Å²) in [6.45, 7) is 1.97. The second-order valence-electron chi connectivity index (χ2n) is 5.08. The summed E-state index contributed by atoms with van der Waals surface area (Å²) in [6.07, 6.45) is -2.17. The molecule has 1 unspecified atom stereocenters. The molecule has 1 saturated carbocycles. The lowest BCUT2D eigenvalue weighted by Gasteiger charge is -2.51. The second-order valence-corrected chi connectivity index (χ2v) is 5.08. The Balaban J connectivity index is 2.45. The van der Waals surface area contributed by atoms with Crippen LogP contribution in [0.1, 0.15) is 45.4 Å². The third-order valence-corrected chi connectivity index (χ3v) is 3.97. The molecule has 0 aliphatic heterocycles. The number of hydrogen-bond donors (Lipinski definition) is 2. The summed E-state index contributed by atoms with van der Waals surface area (Å²) < 4.78 is 36.0. The zero-order valence-corrected chi connectivity index (χ0v) is 9.61. The van der Waals surface area contributed by atoms with E-state index < -0.39 is 18.2 Å². The maximum absolute atomic E-state index is 12.0. The number of alkyl halides is 3. The molecule has 16 heavy (non-hydrogen) atoms. The molecule has 0 radical (unpaired) electrons. The molecule has 2 nitrogen and oxygen atoms in total. The van der Waals surface area contributed by atoms with Gasteiger partial charge in [0, 0.05) is 18.4 Å². The monoisotopic (exact) mass is 239 g/mol. The van der Waals surface area contributed by atoms with Crippen LogP contribution in [0.4, 0.5) is 13.2 Å². The van der Waals surface area contributed by atoms with Crippen LogP contribution in [0.5, 0.6) is 0 Å². The smallest absolute Gasteiger partial charge is 0.389 e. The van der Waals surface area contributed by atoms with Crippen molar-refractivity contribution in [1.82, 2.24) is 0 Å². The van der Waals surface area contributed by atoms with E-state index in [2.05, 4.69) is 0 Å². The van der Waals surface area contributed by atoms with Crippen molar-refractivity contribution in [3.05, 3.63) is 0 Å². The average Bonchev–Trinajstić information content (AvgIpc) is 1.98. The van der Waals surface area contributed by atoms with Crippen LogP contribution in [0.3, 0.4) is 0 Å². The number of hydrogen-bond acceptors (Lipinski definition) is 2. The lowest BCUT2D eigenvalue weighted by atomic mass is 9.58. The predicted octanol–water partition coefficient (Wildman–Crippen LogP) is 2.60. The number of aliphatic hydroxyl groups is 1. The molecule has 0 aromatic rings. The highest BCUT2D eigenvalue weighted by atomic mass is 19.4. The van der Waals surface area contributed by atoms with E-state index in [0.717, 1.165) is 19.3 Å². The van der Waals surface area contributed by atoms with Crippen molar-refractivity contribution in [3.63, 3.8) is 0 Å². The van der Waals surface area contributed by atoms with Crippen molar-refractivity contribution in [3.8, 4) is 0 Å². The van der Waals surface area contributed by atoms with E-state index in [0.29, 0.717) is 6.54 Å². The summed E-state index contributed by atoms with van der Waals surface area (Å²) in [5.74, 6) is 0. The topological polar surface area (TPSA) is 46.2 Å². The molecule has 0 aromatic heterocycles. The Bertz CT molecular complexity index is 228. The van der Waals surface area contributed by atoms with Crippen LogP contribution >= 0.6 is 0 Å². The highest BCUT2D eigenvalue weighted by Crippen LogP contribution is 2.50. The molecule has 0 heterocycles. The Labute approximate surface area is 94.0 Å². The maximum atomic E-state index is 12.0. The Morgan fingerprint density at radius 2 is 1.81 bits per heavy atom. The Kier molecular flexibility index (Phi) is 3.90. The Hall–Kier alpha value is -0.290. The molecule has 1 aliphatic rings. The summed E-state index contributed by atoms with van der Waals surface area (Å²) in [4.78, 5) is 0. The molecule has 5 heteroatoms. The van der Waals surface area contributed by atoms with Gasteiger partial charge in [0.2, 0.25) is 0 Å². The van der Waals surface area contributed by atoms with Crippen LogP contribution < -0.4 is 5.73 Å². The molecular formula is C11H20F3NO. The fraction of sp³-hybridized carbons (Fsp3) is 1.00. The molecule has 0 bridgehead atoms. The van der Waals surface area contributed by atoms with Crippen LogP contribution in [-0.2, 0) is 0 Å². The van der Waals surface area contributed by atoms with Crippen LogP contribution in [0.2, 0.25) is 0 Å². The van der Waals surface area contributed by atoms with E-state index in [1.54, 1.807) is 6.92 Å². The molecule has 3 N–H and O–H groups in total. The average molecular weight is 239 g/mol. The van der Waals surface area contributed by atoms with Crippen LogP contribution in [-0.4, -0.2) is 23.4 Å². The van der Waals surface area contributed by atoms with Gasteiger partial charge in [0.05, 0.1) is 5.60 Å². The normalized spacial score (nSPS) is 23.6. The Morgan fingerprint density at radius 1 is 1.25 bits per heavy atom. The van der Waals surface area contributed by atoms with Crippen LogP contribution in [0.15, 0.2) is 0 Å². The summed E-state index contributed by atoms with van der Waals surface area (Å²) in [5, 5.41) is 10.2. The van der Waals surface area contributed by atoms with Crippen LogP contribution in [0.25, 0.3) is 0 Å². The number of rotatable bonds is 5. The van der Waals surface area contributed by atoms with E-state index in [-0.39, 0.29) is 18.3 Å². The summed E-state index contributed by atoms with van der Waals surface area (Å²) in [7, 11) is 0. The van der Waals surface area contributed by atoms with Crippen molar-refractivity contribution in [1.29, 1.82) is 0 Å². The third-order valence-electron chi connectivity index (χ3n) is 3.97. The van der Waals surface area contributed by atoms with E-state index in [1.165, 1.54) is 0 Å². The first-order valence-electron chi connectivity index (χ1n) is 5.72. The zero-order chi connectivity index (χ0) is 12.4. The summed E-state index contributed by atoms with van der Waals surface area (Å²) in [5.41, 5.74) is 4.22. The molecule has 0 amide bonds. The van der Waals surface area contributed by atoms with Gasteiger partial charge in [-0.1, -0.05) is 6.42 Å². The minimum Gasteiger partial charge on any atom is -0.390 e. The molecule has 0 spiro atoms. The molecule has 0 saturated heterocycles. The summed E-state index contributed by atoms with van der Waals surface area (Å²) >= 11 is 0. The van der Waals surface area contributed by atoms with E-state index in [4.69, 9.17) is 5.73 Å². The van der Waals surface area contributed by atoms with Gasteiger partial charge in [-0.3, -0.25) is 0 Å². The van der Waals surface area contributed by atoms with E-state index in [1.807, 2.05) is 0 Å². The van der Waals surface area contributed by atoms with E-state index in [9.17, 15) is 18.3 Å². The lowest BCUT2D eigenvalue weighted by Crippen LogP contribution is -2.55. The first-order chi connectivity index (χ1) is 7.22. The number of halogens is 3. The van der Waals surface area contributed by atoms with E-state index >= 15 is 0 Å². The van der Waals surface area contributed by atoms with Crippen molar-refractivity contribution >= 4 is 0 Å². The first-order valence-corrected chi connectivity index (χ1v) is 5.72. The van der Waals surface area contributed by atoms with Gasteiger partial charge in [0.25, 0.3) is 0 Å². The Morgan fingerprint density at radius 3 is 2.12 bits per heavy atom. The van der Waals surface area contributed by atoms with Gasteiger partial charge in [0.1, 0.15) is 0 Å². The predicted molar refractivity (Wildman–Crippen MR) is 55.9 cm³/mol. The molecule has 96 valence electrons. The maximum Gasteiger partial charge on any atom is 0.389 e. The third kappa shape index (κ3) is 2.88. The lowest BCUT2D eigenvalue weighted by molar-refractivity contribution is -0.147. The number of nitrogens with two attached hydrogens (primary N) is 1. The standard InChI is InChI=1S/C11H20F3NO/c1-9(16,4-2-7-11(12,13)14)10(8-15)5-3-6-10/h16H,2-8,15H2,1H3. The molecule has 0 aromatic carbocycles. The fourth-order valence-corrected chi connectivity index (χ4v) is 2.46. The highest BCUT2D eigenvalue weighted by Gasteiger charge is 2.49. The van der Waals surface area contributed by atoms with Gasteiger partial charge in [-0.15, -0.1) is 0 Å². The first kappa shape index (κ1) is 13.8. The van der Waals surface area contributed by atoms with Gasteiger partial charge in [-0.2, -0.15) is 13.2 Å². The second kappa shape index (κ2) is 4.53. The highest BCUT2D eigenvalue weighted by molar-refractivity contribution is 5.02. The molecule has 1 aliphatic carbocycles. The van der Waals surface area contributed by atoms with Gasteiger partial charge in [-0.05, 0) is 32.6 Å². The van der Waals surface area contributed by atoms with Gasteiger partial charge in [-0.25, -0.2) is 0 Å². The van der Waals surface area contributed by atoms with Crippen molar-refractivity contribution in [2.24, 2.45) is 11.1 Å². The fourth-order valence-electron chi connectivity index (χ4n) is 2.46. The SMILES string of the molecule is CC(O)(CCCC(F)(F)F)C1(CN)CCC1. The van der Waals surface area contributed by atoms with Gasteiger partial charge < -0.3 is 10.8 Å². The molecule has 1 rings (SSSR count). The van der Waals surface area contributed by atoms with Crippen molar-refractivity contribution in [2.45, 2.75) is 57.2 Å².